The number of amides is 1. The molecular weight excluding hydrogens is 436 g/mol. The summed E-state index contributed by atoms with van der Waals surface area (Å²) in [6.45, 7) is 4.07. The second-order valence-electron chi connectivity index (χ2n) is 8.47. The van der Waals surface area contributed by atoms with E-state index in [2.05, 4.69) is 17.1 Å². The summed E-state index contributed by atoms with van der Waals surface area (Å²) in [6.07, 6.45) is 2.05. The van der Waals surface area contributed by atoms with Gasteiger partial charge in [-0.3, -0.25) is 9.59 Å². The van der Waals surface area contributed by atoms with Gasteiger partial charge in [0.15, 0.2) is 17.3 Å². The minimum Gasteiger partial charge on any atom is -0.486 e. The van der Waals surface area contributed by atoms with Crippen LogP contribution in [0.5, 0.6) is 11.5 Å². The molecule has 2 aliphatic heterocycles. The Balaban J connectivity index is 1.21. The second kappa shape index (κ2) is 9.35. The lowest BCUT2D eigenvalue weighted by molar-refractivity contribution is 0.0653. The number of Topliss-reactive ketones (excluding diaryl/α,β-unsaturated/α-hetero) is 1. The number of fused-ring (bicyclic) bond motifs is 1. The SMILES string of the molecule is Cc1nc(Cc2ccccc2)sc1C(=O)N1CCC(C(=O)c2ccc3c(c2)OCCO3)CC1. The number of aromatic nitrogens is 1. The Bertz CT molecular complexity index is 1170. The number of carbonyl (C=O) groups is 2. The van der Waals surface area contributed by atoms with Crippen molar-refractivity contribution in [2.24, 2.45) is 5.92 Å². The first-order chi connectivity index (χ1) is 16.1. The molecule has 0 spiro atoms. The summed E-state index contributed by atoms with van der Waals surface area (Å²) in [4.78, 5) is 33.4. The average Bonchev–Trinajstić information content (AvgIpc) is 3.23. The molecule has 0 aliphatic carbocycles. The fourth-order valence-corrected chi connectivity index (χ4v) is 5.48. The van der Waals surface area contributed by atoms with Crippen molar-refractivity contribution in [2.75, 3.05) is 26.3 Å². The molecular formula is C26H26N2O4S. The summed E-state index contributed by atoms with van der Waals surface area (Å²) in [5, 5.41) is 0.950. The summed E-state index contributed by atoms with van der Waals surface area (Å²) in [5.74, 6) is 1.36. The van der Waals surface area contributed by atoms with Crippen molar-refractivity contribution in [3.63, 3.8) is 0 Å². The summed E-state index contributed by atoms with van der Waals surface area (Å²) < 4.78 is 11.2. The Morgan fingerprint density at radius 1 is 1.03 bits per heavy atom. The van der Waals surface area contributed by atoms with E-state index in [-0.39, 0.29) is 17.6 Å². The maximum atomic E-state index is 13.2. The van der Waals surface area contributed by atoms with Crippen molar-refractivity contribution in [2.45, 2.75) is 26.2 Å². The van der Waals surface area contributed by atoms with E-state index < -0.39 is 0 Å². The first-order valence-corrected chi connectivity index (χ1v) is 12.1. The number of hydrogen-bond donors (Lipinski definition) is 0. The smallest absolute Gasteiger partial charge is 0.265 e. The van der Waals surface area contributed by atoms with E-state index in [1.165, 1.54) is 16.9 Å². The number of carbonyl (C=O) groups excluding carboxylic acids is 2. The van der Waals surface area contributed by atoms with Crippen molar-refractivity contribution in [3.8, 4) is 11.5 Å². The Morgan fingerprint density at radius 2 is 1.76 bits per heavy atom. The van der Waals surface area contributed by atoms with Crippen LogP contribution < -0.4 is 9.47 Å². The summed E-state index contributed by atoms with van der Waals surface area (Å²) in [7, 11) is 0. The number of aryl methyl sites for hydroxylation is 1. The van der Waals surface area contributed by atoms with E-state index in [0.29, 0.717) is 61.1 Å². The van der Waals surface area contributed by atoms with Crippen molar-refractivity contribution < 1.29 is 19.1 Å². The zero-order chi connectivity index (χ0) is 22.8. The van der Waals surface area contributed by atoms with E-state index in [1.54, 1.807) is 12.1 Å². The third-order valence-corrected chi connectivity index (χ3v) is 7.36. The monoisotopic (exact) mass is 462 g/mol. The molecule has 33 heavy (non-hydrogen) atoms. The van der Waals surface area contributed by atoms with E-state index in [9.17, 15) is 9.59 Å². The van der Waals surface area contributed by atoms with Crippen LogP contribution >= 0.6 is 11.3 Å². The highest BCUT2D eigenvalue weighted by molar-refractivity contribution is 7.13. The van der Waals surface area contributed by atoms with E-state index >= 15 is 0 Å². The molecule has 1 aromatic heterocycles. The maximum absolute atomic E-state index is 13.2. The van der Waals surface area contributed by atoms with Gasteiger partial charge in [0.25, 0.3) is 5.91 Å². The van der Waals surface area contributed by atoms with Crippen LogP contribution in [0.1, 0.15) is 49.1 Å². The second-order valence-corrected chi connectivity index (χ2v) is 9.56. The van der Waals surface area contributed by atoms with Crippen LogP contribution in [0.25, 0.3) is 0 Å². The van der Waals surface area contributed by atoms with Crippen LogP contribution in [-0.4, -0.2) is 47.9 Å². The van der Waals surface area contributed by atoms with Gasteiger partial charge in [-0.15, -0.1) is 11.3 Å². The number of rotatable bonds is 5. The number of nitrogens with zero attached hydrogens (tertiary/aromatic N) is 2. The van der Waals surface area contributed by atoms with Gasteiger partial charge in [-0.1, -0.05) is 30.3 Å². The number of thiazole rings is 1. The van der Waals surface area contributed by atoms with Crippen LogP contribution in [0.15, 0.2) is 48.5 Å². The fourth-order valence-electron chi connectivity index (χ4n) is 4.42. The molecule has 1 amide bonds. The van der Waals surface area contributed by atoms with Gasteiger partial charge in [0, 0.05) is 31.0 Å². The third kappa shape index (κ3) is 4.64. The quantitative estimate of drug-likeness (QED) is 0.521. The first-order valence-electron chi connectivity index (χ1n) is 11.3. The standard InChI is InChI=1S/C26H26N2O4S/c1-17-25(33-23(27-17)15-18-5-3-2-4-6-18)26(30)28-11-9-19(10-12-28)24(29)20-7-8-21-22(16-20)32-14-13-31-21/h2-8,16,19H,9-15H2,1H3. The molecule has 0 radical (unpaired) electrons. The zero-order valence-electron chi connectivity index (χ0n) is 18.6. The van der Waals surface area contributed by atoms with E-state index in [0.717, 1.165) is 17.1 Å². The predicted octanol–water partition coefficient (Wildman–Crippen LogP) is 4.55. The van der Waals surface area contributed by atoms with Crippen LogP contribution in [0.3, 0.4) is 0 Å². The van der Waals surface area contributed by atoms with Gasteiger partial charge >= 0.3 is 0 Å². The topological polar surface area (TPSA) is 68.7 Å². The van der Waals surface area contributed by atoms with Crippen LogP contribution in [-0.2, 0) is 6.42 Å². The van der Waals surface area contributed by atoms with Crippen molar-refractivity contribution in [1.82, 2.24) is 9.88 Å². The van der Waals surface area contributed by atoms with Gasteiger partial charge in [0.1, 0.15) is 18.1 Å². The number of hydrogen-bond acceptors (Lipinski definition) is 6. The van der Waals surface area contributed by atoms with E-state index in [4.69, 9.17) is 9.47 Å². The molecule has 3 heterocycles. The summed E-state index contributed by atoms with van der Waals surface area (Å²) in [5.41, 5.74) is 2.61. The van der Waals surface area contributed by atoms with Crippen LogP contribution in [0.4, 0.5) is 0 Å². The number of likely N-dealkylation sites (tertiary alicyclic amines) is 1. The summed E-state index contributed by atoms with van der Waals surface area (Å²) >= 11 is 1.48. The number of piperidine rings is 1. The zero-order valence-corrected chi connectivity index (χ0v) is 19.4. The number of benzene rings is 2. The number of ether oxygens (including phenoxy) is 2. The van der Waals surface area contributed by atoms with Crippen LogP contribution in [0.2, 0.25) is 0 Å². The lowest BCUT2D eigenvalue weighted by atomic mass is 9.88. The fraction of sp³-hybridized carbons (Fsp3) is 0.346. The molecule has 6 nitrogen and oxygen atoms in total. The van der Waals surface area contributed by atoms with Gasteiger partial charge in [-0.25, -0.2) is 4.98 Å². The molecule has 0 saturated carbocycles. The van der Waals surface area contributed by atoms with Gasteiger partial charge in [-0.2, -0.15) is 0 Å². The third-order valence-electron chi connectivity index (χ3n) is 6.21. The molecule has 0 atom stereocenters. The molecule has 5 rings (SSSR count). The van der Waals surface area contributed by atoms with E-state index in [1.807, 2.05) is 36.1 Å². The molecule has 3 aromatic rings. The van der Waals surface area contributed by atoms with Gasteiger partial charge < -0.3 is 14.4 Å². The molecule has 170 valence electrons. The molecule has 0 unspecified atom stereocenters. The summed E-state index contributed by atoms with van der Waals surface area (Å²) in [6, 6.07) is 15.6. The minimum absolute atomic E-state index is 0.0227. The largest absolute Gasteiger partial charge is 0.486 e. The number of ketones is 1. The van der Waals surface area contributed by atoms with Crippen molar-refractivity contribution in [1.29, 1.82) is 0 Å². The highest BCUT2D eigenvalue weighted by Gasteiger charge is 2.30. The first kappa shape index (κ1) is 21.6. The predicted molar refractivity (Wildman–Crippen MR) is 126 cm³/mol. The lowest BCUT2D eigenvalue weighted by Crippen LogP contribution is -2.40. The molecule has 2 aliphatic rings. The molecule has 0 bridgehead atoms. The van der Waals surface area contributed by atoms with Gasteiger partial charge in [0.05, 0.1) is 10.7 Å². The minimum atomic E-state index is -0.0900. The molecule has 1 fully saturated rings. The highest BCUT2D eigenvalue weighted by atomic mass is 32.1. The Hall–Kier alpha value is -3.19. The van der Waals surface area contributed by atoms with Crippen molar-refractivity contribution >= 4 is 23.0 Å². The molecule has 0 N–H and O–H groups in total. The lowest BCUT2D eigenvalue weighted by Gasteiger charge is -2.31. The van der Waals surface area contributed by atoms with Gasteiger partial charge in [-0.05, 0) is 43.5 Å². The van der Waals surface area contributed by atoms with Crippen molar-refractivity contribution in [3.05, 3.63) is 75.2 Å². The normalized spacial score (nSPS) is 16.0. The van der Waals surface area contributed by atoms with Gasteiger partial charge in [0.2, 0.25) is 0 Å². The average molecular weight is 463 g/mol. The molecule has 7 heteroatoms. The van der Waals surface area contributed by atoms with Crippen LogP contribution in [0, 0.1) is 12.8 Å². The highest BCUT2D eigenvalue weighted by Crippen LogP contribution is 2.33. The Kier molecular flexibility index (Phi) is 6.13. The Labute approximate surface area is 197 Å². The molecule has 1 saturated heterocycles. The Morgan fingerprint density at radius 3 is 2.52 bits per heavy atom. The maximum Gasteiger partial charge on any atom is 0.265 e. The molecule has 2 aromatic carbocycles.